The van der Waals surface area contributed by atoms with Crippen molar-refractivity contribution in [2.45, 2.75) is 24.9 Å². The van der Waals surface area contributed by atoms with Crippen LogP contribution in [0.3, 0.4) is 0 Å². The Labute approximate surface area is 188 Å². The number of rotatable bonds is 9. The molecule has 0 aliphatic rings. The summed E-state index contributed by atoms with van der Waals surface area (Å²) in [6, 6.07) is 23.0. The van der Waals surface area contributed by atoms with Gasteiger partial charge >= 0.3 is 0 Å². The summed E-state index contributed by atoms with van der Waals surface area (Å²) in [5, 5.41) is 4.99. The highest BCUT2D eigenvalue weighted by Crippen LogP contribution is 2.17. The van der Waals surface area contributed by atoms with Crippen LogP contribution in [0.4, 0.5) is 0 Å². The van der Waals surface area contributed by atoms with Crippen molar-refractivity contribution in [1.29, 1.82) is 0 Å². The molecular formula is C25H28ClN3O2. The van der Waals surface area contributed by atoms with Crippen molar-refractivity contribution in [3.63, 3.8) is 0 Å². The molecule has 3 N–H and O–H groups in total. The summed E-state index contributed by atoms with van der Waals surface area (Å²) < 4.78 is 0. The first-order valence-electron chi connectivity index (χ1n) is 10.4. The Balaban J connectivity index is 1.78. The van der Waals surface area contributed by atoms with Crippen LogP contribution in [-0.2, 0) is 22.4 Å². The molecule has 3 aromatic carbocycles. The Bertz CT molecular complexity index is 1030. The van der Waals surface area contributed by atoms with Crippen LogP contribution >= 0.6 is 11.6 Å². The smallest absolute Gasteiger partial charge is 0.242 e. The molecule has 0 heterocycles. The van der Waals surface area contributed by atoms with Crippen molar-refractivity contribution in [3.05, 3.63) is 83.9 Å². The molecule has 3 rings (SSSR count). The van der Waals surface area contributed by atoms with Gasteiger partial charge < -0.3 is 16.0 Å². The maximum absolute atomic E-state index is 12.7. The lowest BCUT2D eigenvalue weighted by atomic mass is 10.00. The van der Waals surface area contributed by atoms with Crippen LogP contribution in [0.15, 0.2) is 72.8 Å². The van der Waals surface area contributed by atoms with Gasteiger partial charge in [-0.2, -0.15) is 0 Å². The van der Waals surface area contributed by atoms with E-state index in [0.29, 0.717) is 12.8 Å². The molecule has 0 bridgehead atoms. The summed E-state index contributed by atoms with van der Waals surface area (Å²) >= 11 is 5.89. The molecule has 0 aromatic heterocycles. The van der Waals surface area contributed by atoms with E-state index < -0.39 is 6.04 Å². The lowest BCUT2D eigenvalue weighted by molar-refractivity contribution is -0.138. The number of benzene rings is 3. The number of nitrogens with zero attached hydrogens (tertiary/aromatic N) is 1. The fraction of sp³-hybridized carbons (Fsp3) is 0.280. The lowest BCUT2D eigenvalue weighted by Gasteiger charge is -2.32. The minimum atomic E-state index is -0.679. The van der Waals surface area contributed by atoms with E-state index in [1.54, 1.807) is 7.05 Å². The predicted molar refractivity (Wildman–Crippen MR) is 126 cm³/mol. The van der Waals surface area contributed by atoms with Crippen LogP contribution in [-0.4, -0.2) is 48.3 Å². The molecule has 0 saturated carbocycles. The van der Waals surface area contributed by atoms with Gasteiger partial charge in [0.15, 0.2) is 0 Å². The van der Waals surface area contributed by atoms with Crippen LogP contribution in [0.2, 0.25) is 0 Å². The average Bonchev–Trinajstić information content (AvgIpc) is 2.80. The van der Waals surface area contributed by atoms with Crippen LogP contribution < -0.4 is 11.1 Å². The van der Waals surface area contributed by atoms with E-state index in [9.17, 15) is 9.59 Å². The highest BCUT2D eigenvalue weighted by molar-refractivity contribution is 6.27. The molecule has 0 aliphatic carbocycles. The number of amides is 2. The Morgan fingerprint density at radius 1 is 0.935 bits per heavy atom. The molecule has 6 heteroatoms. The van der Waals surface area contributed by atoms with Crippen LogP contribution in [0.5, 0.6) is 0 Å². The van der Waals surface area contributed by atoms with E-state index in [1.165, 1.54) is 10.3 Å². The van der Waals surface area contributed by atoms with Crippen molar-refractivity contribution < 1.29 is 9.59 Å². The van der Waals surface area contributed by atoms with Crippen LogP contribution in [0.1, 0.15) is 11.1 Å². The molecule has 3 aromatic rings. The highest BCUT2D eigenvalue weighted by Gasteiger charge is 2.30. The Morgan fingerprint density at radius 3 is 2.29 bits per heavy atom. The molecule has 0 radical (unpaired) electrons. The zero-order chi connectivity index (χ0) is 22.2. The number of nitrogens with one attached hydrogen (secondary N) is 1. The summed E-state index contributed by atoms with van der Waals surface area (Å²) in [4.78, 5) is 26.9. The van der Waals surface area contributed by atoms with Crippen molar-refractivity contribution in [2.75, 3.05) is 19.5 Å². The Hall–Kier alpha value is -2.89. The molecule has 5 nitrogen and oxygen atoms in total. The largest absolute Gasteiger partial charge is 0.357 e. The minimum Gasteiger partial charge on any atom is -0.357 e. The zero-order valence-electron chi connectivity index (χ0n) is 17.6. The van der Waals surface area contributed by atoms with Crippen LogP contribution in [0, 0.1) is 0 Å². The van der Waals surface area contributed by atoms with Gasteiger partial charge in [-0.25, -0.2) is 0 Å². The van der Waals surface area contributed by atoms with Crippen molar-refractivity contribution in [1.82, 2.24) is 10.2 Å². The van der Waals surface area contributed by atoms with Gasteiger partial charge in [0.05, 0.1) is 0 Å². The van der Waals surface area contributed by atoms with Gasteiger partial charge in [-0.1, -0.05) is 72.8 Å². The SMILES string of the molecule is CNC(=O)[C@@H](Cc1ccccc1)N(C[C@@H](N)Cc1ccc2ccccc2c1)C(=O)CCl. The minimum absolute atomic E-state index is 0.203. The summed E-state index contributed by atoms with van der Waals surface area (Å²) in [5.41, 5.74) is 8.50. The average molecular weight is 438 g/mol. The quantitative estimate of drug-likeness (QED) is 0.505. The van der Waals surface area contributed by atoms with Gasteiger partial charge in [-0.15, -0.1) is 11.6 Å². The van der Waals surface area contributed by atoms with Crippen molar-refractivity contribution in [2.24, 2.45) is 5.73 Å². The molecule has 2 amide bonds. The monoisotopic (exact) mass is 437 g/mol. The Kier molecular flexibility index (Phi) is 8.04. The standard InChI is InChI=1S/C25H28ClN3O2/c1-28-25(31)23(15-18-7-3-2-4-8-18)29(24(30)16-26)17-22(27)14-19-11-12-20-9-5-6-10-21(20)13-19/h2-13,22-23H,14-17,27H2,1H3,(H,28,31)/t22-,23+/m0/s1. The molecule has 0 unspecified atom stereocenters. The maximum atomic E-state index is 12.7. The lowest BCUT2D eigenvalue weighted by Crippen LogP contribution is -2.54. The summed E-state index contributed by atoms with van der Waals surface area (Å²) in [7, 11) is 1.57. The second-order valence-electron chi connectivity index (χ2n) is 7.65. The van der Waals surface area contributed by atoms with E-state index in [1.807, 2.05) is 42.5 Å². The topological polar surface area (TPSA) is 75.4 Å². The van der Waals surface area contributed by atoms with E-state index in [4.69, 9.17) is 17.3 Å². The van der Waals surface area contributed by atoms with Gasteiger partial charge in [-0.05, 0) is 28.3 Å². The molecule has 0 spiro atoms. The van der Waals surface area contributed by atoms with E-state index in [0.717, 1.165) is 16.5 Å². The van der Waals surface area contributed by atoms with E-state index >= 15 is 0 Å². The predicted octanol–water partition coefficient (Wildman–Crippen LogP) is 3.13. The van der Waals surface area contributed by atoms with Gasteiger partial charge in [-0.3, -0.25) is 9.59 Å². The highest BCUT2D eigenvalue weighted by atomic mass is 35.5. The molecule has 0 aliphatic heterocycles. The molecule has 0 saturated heterocycles. The third-order valence-corrected chi connectivity index (χ3v) is 5.60. The maximum Gasteiger partial charge on any atom is 0.242 e. The van der Waals surface area contributed by atoms with Crippen molar-refractivity contribution >= 4 is 34.2 Å². The summed E-state index contributed by atoms with van der Waals surface area (Å²) in [5.74, 6) is -0.745. The number of carbonyl (C=O) groups is 2. The number of halogens is 1. The second kappa shape index (κ2) is 10.9. The molecule has 31 heavy (non-hydrogen) atoms. The third kappa shape index (κ3) is 6.06. The third-order valence-electron chi connectivity index (χ3n) is 5.37. The number of hydrogen-bond donors (Lipinski definition) is 2. The first kappa shape index (κ1) is 22.8. The van der Waals surface area contributed by atoms with Gasteiger partial charge in [0, 0.05) is 26.1 Å². The van der Waals surface area contributed by atoms with Gasteiger partial charge in [0.1, 0.15) is 11.9 Å². The zero-order valence-corrected chi connectivity index (χ0v) is 18.4. The molecule has 162 valence electrons. The first-order valence-corrected chi connectivity index (χ1v) is 10.9. The summed E-state index contributed by atoms with van der Waals surface area (Å²) in [6.45, 7) is 0.239. The number of carbonyl (C=O) groups excluding carboxylic acids is 2. The number of nitrogens with two attached hydrogens (primary N) is 1. The van der Waals surface area contributed by atoms with E-state index in [2.05, 4.69) is 35.6 Å². The van der Waals surface area contributed by atoms with Crippen molar-refractivity contribution in [3.8, 4) is 0 Å². The second-order valence-corrected chi connectivity index (χ2v) is 7.91. The first-order chi connectivity index (χ1) is 15.0. The van der Waals surface area contributed by atoms with Gasteiger partial charge in [0.25, 0.3) is 0 Å². The molecule has 0 fully saturated rings. The number of likely N-dealkylation sites (N-methyl/N-ethyl adjacent to an activating group) is 1. The van der Waals surface area contributed by atoms with Crippen LogP contribution in [0.25, 0.3) is 10.8 Å². The number of hydrogen-bond acceptors (Lipinski definition) is 3. The Morgan fingerprint density at radius 2 is 1.61 bits per heavy atom. The number of alkyl halides is 1. The fourth-order valence-corrected chi connectivity index (χ4v) is 3.97. The molecular weight excluding hydrogens is 410 g/mol. The molecule has 2 atom stereocenters. The summed E-state index contributed by atoms with van der Waals surface area (Å²) in [6.07, 6.45) is 0.981. The number of fused-ring (bicyclic) bond motifs is 1. The normalized spacial score (nSPS) is 12.9. The van der Waals surface area contributed by atoms with Gasteiger partial charge in [0.2, 0.25) is 11.8 Å². The van der Waals surface area contributed by atoms with E-state index in [-0.39, 0.29) is 30.3 Å². The fourth-order valence-electron chi connectivity index (χ4n) is 3.81.